The monoisotopic (exact) mass is 539 g/mol. The molecule has 0 atom stereocenters. The number of ether oxygens (including phenoxy) is 2. The van der Waals surface area contributed by atoms with Crippen LogP contribution in [0.15, 0.2) is 60.9 Å². The van der Waals surface area contributed by atoms with Crippen molar-refractivity contribution in [3.8, 4) is 33.9 Å². The smallest absolute Gasteiger partial charge is 0.355 e. The summed E-state index contributed by atoms with van der Waals surface area (Å²) in [7, 11) is 5.22. The summed E-state index contributed by atoms with van der Waals surface area (Å²) in [5.41, 5.74) is 15.6. The van der Waals surface area contributed by atoms with Crippen molar-refractivity contribution in [3.63, 3.8) is 0 Å². The largest absolute Gasteiger partial charge is 0.497 e. The predicted molar refractivity (Wildman–Crippen MR) is 151 cm³/mol. The molecular formula is C31H32FN6O2+. The lowest BCUT2D eigenvalue weighted by molar-refractivity contribution is -0.656. The number of imidazole rings is 1. The van der Waals surface area contributed by atoms with Crippen LogP contribution in [-0.2, 0) is 33.0 Å². The third kappa shape index (κ3) is 4.57. The standard InChI is InChI=1S/C31H31FN6O2/c1-19-11-22(32)5-6-25(19)27-14-21(17-37-10-9-36(2)31(37)33)15-28-26(27)7-8-29-30(28)34-35-38(29)18-20-12-23(39-3)16-24(13-20)40-4/h5-6,9-16,33H,7-8,17-18H2,1-4H3/p+1. The van der Waals surface area contributed by atoms with Gasteiger partial charge in [0.15, 0.2) is 0 Å². The number of hydrogen-bond donors (Lipinski definition) is 1. The Morgan fingerprint density at radius 3 is 2.33 bits per heavy atom. The van der Waals surface area contributed by atoms with E-state index < -0.39 is 0 Å². The number of aryl methyl sites for hydroxylation is 2. The lowest BCUT2D eigenvalue weighted by Gasteiger charge is -2.22. The average Bonchev–Trinajstić information content (AvgIpc) is 3.50. The molecule has 9 heteroatoms. The molecule has 6 rings (SSSR count). The van der Waals surface area contributed by atoms with Gasteiger partial charge in [0.05, 0.1) is 52.4 Å². The highest BCUT2D eigenvalue weighted by Gasteiger charge is 2.27. The molecule has 5 aromatic rings. The van der Waals surface area contributed by atoms with Gasteiger partial charge in [0.25, 0.3) is 0 Å². The number of nitrogens with zero attached hydrogens (tertiary/aromatic N) is 5. The number of methoxy groups -OCH3 is 2. The van der Waals surface area contributed by atoms with Gasteiger partial charge >= 0.3 is 5.95 Å². The minimum Gasteiger partial charge on any atom is -0.497 e. The molecule has 1 aliphatic carbocycles. The summed E-state index contributed by atoms with van der Waals surface area (Å²) in [6, 6.07) is 15.2. The molecule has 1 aliphatic rings. The maximum absolute atomic E-state index is 14.0. The lowest BCUT2D eigenvalue weighted by Crippen LogP contribution is -2.30. The molecule has 0 radical (unpaired) electrons. The molecule has 0 aliphatic heterocycles. The van der Waals surface area contributed by atoms with Crippen LogP contribution in [0.5, 0.6) is 11.5 Å². The molecule has 8 nitrogen and oxygen atoms in total. The summed E-state index contributed by atoms with van der Waals surface area (Å²) < 4.78 is 30.8. The summed E-state index contributed by atoms with van der Waals surface area (Å²) >= 11 is 0. The summed E-state index contributed by atoms with van der Waals surface area (Å²) in [6.45, 7) is 3.10. The molecular weight excluding hydrogens is 507 g/mol. The first-order chi connectivity index (χ1) is 19.3. The second kappa shape index (κ2) is 10.1. The minimum atomic E-state index is -0.238. The van der Waals surface area contributed by atoms with E-state index in [4.69, 9.17) is 15.2 Å². The van der Waals surface area contributed by atoms with Crippen molar-refractivity contribution in [3.05, 3.63) is 94.7 Å². The number of halogens is 1. The molecule has 0 fully saturated rings. The molecule has 0 saturated carbocycles. The fraction of sp³-hybridized carbons (Fsp3) is 0.258. The SMILES string of the molecule is COc1cc(Cn2nnc3c2CCc2c(-c4ccc(F)cc4C)cc(Cn4cc[n+](C)c4N)cc2-3)cc(OC)c1. The van der Waals surface area contributed by atoms with Crippen molar-refractivity contribution in [2.24, 2.45) is 7.05 Å². The fourth-order valence-corrected chi connectivity index (χ4v) is 5.63. The first-order valence-electron chi connectivity index (χ1n) is 13.2. The van der Waals surface area contributed by atoms with E-state index in [9.17, 15) is 4.39 Å². The van der Waals surface area contributed by atoms with Gasteiger partial charge in [-0.3, -0.25) is 5.73 Å². The van der Waals surface area contributed by atoms with Crippen LogP contribution in [0.25, 0.3) is 22.4 Å². The molecule has 2 N–H and O–H groups in total. The van der Waals surface area contributed by atoms with Crippen LogP contribution in [0.2, 0.25) is 0 Å². The van der Waals surface area contributed by atoms with Crippen LogP contribution in [-0.4, -0.2) is 33.8 Å². The Kier molecular flexibility index (Phi) is 6.50. The number of nitrogen functional groups attached to an aromatic ring is 1. The van der Waals surface area contributed by atoms with Crippen LogP contribution in [0.1, 0.15) is 27.9 Å². The number of benzene rings is 3. The van der Waals surface area contributed by atoms with Crippen LogP contribution in [0.4, 0.5) is 10.3 Å². The zero-order valence-corrected chi connectivity index (χ0v) is 23.1. The van der Waals surface area contributed by atoms with Crippen molar-refractivity contribution >= 4 is 5.95 Å². The number of anilines is 1. The lowest BCUT2D eigenvalue weighted by atomic mass is 9.83. The highest BCUT2D eigenvalue weighted by atomic mass is 19.1. The quantitative estimate of drug-likeness (QED) is 0.309. The van der Waals surface area contributed by atoms with Gasteiger partial charge in [0, 0.05) is 11.6 Å². The van der Waals surface area contributed by atoms with Crippen LogP contribution < -0.4 is 19.8 Å². The molecule has 0 spiro atoms. The number of hydrogen-bond acceptors (Lipinski definition) is 5. The molecule has 2 heterocycles. The molecule has 0 saturated heterocycles. The summed E-state index contributed by atoms with van der Waals surface area (Å²) in [4.78, 5) is 0. The Labute approximate surface area is 232 Å². The van der Waals surface area contributed by atoms with E-state index in [1.54, 1.807) is 20.3 Å². The minimum absolute atomic E-state index is 0.238. The van der Waals surface area contributed by atoms with Crippen LogP contribution in [0, 0.1) is 12.7 Å². The number of fused-ring (bicyclic) bond motifs is 3. The normalized spacial score (nSPS) is 12.2. The van der Waals surface area contributed by atoms with E-state index in [0.29, 0.717) is 19.0 Å². The van der Waals surface area contributed by atoms with Gasteiger partial charge in [0.2, 0.25) is 0 Å². The van der Waals surface area contributed by atoms with Gasteiger partial charge in [-0.25, -0.2) is 18.2 Å². The first-order valence-corrected chi connectivity index (χ1v) is 13.2. The Morgan fingerprint density at radius 2 is 1.65 bits per heavy atom. The maximum atomic E-state index is 14.0. The Bertz CT molecular complexity index is 1720. The predicted octanol–water partition coefficient (Wildman–Crippen LogP) is 4.48. The zero-order chi connectivity index (χ0) is 28.0. The van der Waals surface area contributed by atoms with E-state index in [1.807, 2.05) is 64.4 Å². The van der Waals surface area contributed by atoms with E-state index >= 15 is 0 Å². The highest BCUT2D eigenvalue weighted by molar-refractivity contribution is 5.81. The zero-order valence-electron chi connectivity index (χ0n) is 23.1. The first kappa shape index (κ1) is 25.6. The van der Waals surface area contributed by atoms with Gasteiger partial charge in [0.1, 0.15) is 23.0 Å². The Balaban J connectivity index is 1.46. The topological polar surface area (TPSA) is 84.0 Å². The van der Waals surface area contributed by atoms with E-state index in [2.05, 4.69) is 22.4 Å². The summed E-state index contributed by atoms with van der Waals surface area (Å²) in [5.74, 6) is 1.89. The molecule has 0 unspecified atom stereocenters. The van der Waals surface area contributed by atoms with Gasteiger partial charge in [-0.2, -0.15) is 0 Å². The van der Waals surface area contributed by atoms with Crippen molar-refractivity contribution in [2.45, 2.75) is 32.9 Å². The molecule has 40 heavy (non-hydrogen) atoms. The Morgan fingerprint density at radius 1 is 0.925 bits per heavy atom. The second-order valence-corrected chi connectivity index (χ2v) is 10.3. The van der Waals surface area contributed by atoms with E-state index in [1.165, 1.54) is 11.6 Å². The van der Waals surface area contributed by atoms with Crippen molar-refractivity contribution in [1.82, 2.24) is 19.6 Å². The molecule has 3 aromatic carbocycles. The van der Waals surface area contributed by atoms with Gasteiger partial charge < -0.3 is 9.47 Å². The molecule has 0 bridgehead atoms. The van der Waals surface area contributed by atoms with E-state index in [-0.39, 0.29) is 5.82 Å². The average molecular weight is 540 g/mol. The van der Waals surface area contributed by atoms with E-state index in [0.717, 1.165) is 69.1 Å². The van der Waals surface area contributed by atoms with Gasteiger partial charge in [-0.15, -0.1) is 5.10 Å². The van der Waals surface area contributed by atoms with Crippen LogP contribution >= 0.6 is 0 Å². The summed E-state index contributed by atoms with van der Waals surface area (Å²) in [5, 5.41) is 9.25. The van der Waals surface area contributed by atoms with Gasteiger partial charge in [-0.05, 0) is 89.5 Å². The van der Waals surface area contributed by atoms with Crippen molar-refractivity contribution in [2.75, 3.05) is 20.0 Å². The fourth-order valence-electron chi connectivity index (χ4n) is 5.63. The third-order valence-electron chi connectivity index (χ3n) is 7.72. The Hall–Kier alpha value is -4.66. The number of aromatic nitrogens is 5. The van der Waals surface area contributed by atoms with Gasteiger partial charge in [-0.1, -0.05) is 11.3 Å². The molecule has 204 valence electrons. The molecule has 0 amide bonds. The third-order valence-corrected chi connectivity index (χ3v) is 7.72. The van der Waals surface area contributed by atoms with Crippen molar-refractivity contribution < 1.29 is 18.4 Å². The molecule has 2 aromatic heterocycles. The second-order valence-electron chi connectivity index (χ2n) is 10.3. The summed E-state index contributed by atoms with van der Waals surface area (Å²) in [6.07, 6.45) is 5.53. The maximum Gasteiger partial charge on any atom is 0.355 e. The number of rotatable bonds is 7. The van der Waals surface area contributed by atoms with Crippen LogP contribution in [0.3, 0.4) is 0 Å². The highest BCUT2D eigenvalue weighted by Crippen LogP contribution is 2.40. The number of nitrogens with two attached hydrogens (primary N) is 1. The van der Waals surface area contributed by atoms with Crippen molar-refractivity contribution in [1.29, 1.82) is 0 Å².